The Hall–Kier alpha value is -0.820. The van der Waals surface area contributed by atoms with E-state index in [2.05, 4.69) is 30.9 Å². The highest BCUT2D eigenvalue weighted by molar-refractivity contribution is 5.17. The topological polar surface area (TPSA) is 12.8 Å². The molecule has 0 heterocycles. The van der Waals surface area contributed by atoms with Crippen LogP contribution in [-0.4, -0.2) is 4.74 Å². The molecule has 0 aliphatic rings. The molecule has 0 amide bonds. The molecule has 0 bridgehead atoms. The van der Waals surface area contributed by atoms with Gasteiger partial charge >= 0.3 is 0 Å². The maximum absolute atomic E-state index is 4.03. The van der Waals surface area contributed by atoms with Crippen LogP contribution in [0, 0.1) is 7.11 Å². The standard InChI is InChI=1S/C10H14O/c1-3-10(11-2)9-7-5-4-6-8-9/h4-8,10-11H,2-3H2,1H3. The normalized spacial score (nSPS) is 12.9. The number of rotatable bonds is 3. The average molecular weight is 150 g/mol. The van der Waals surface area contributed by atoms with Crippen LogP contribution in [0.25, 0.3) is 0 Å². The van der Waals surface area contributed by atoms with Gasteiger partial charge in [-0.25, -0.2) is 0 Å². The predicted molar refractivity (Wildman–Crippen MR) is 47.0 cm³/mol. The summed E-state index contributed by atoms with van der Waals surface area (Å²) in [5, 5.41) is 0. The second kappa shape index (κ2) is 4.14. The Morgan fingerprint density at radius 3 is 2.45 bits per heavy atom. The lowest BCUT2D eigenvalue weighted by Crippen LogP contribution is -2.01. The lowest BCUT2D eigenvalue weighted by Gasteiger charge is -2.13. The summed E-state index contributed by atoms with van der Waals surface area (Å²) in [5.41, 5.74) is 1.25. The van der Waals surface area contributed by atoms with E-state index in [0.717, 1.165) is 6.42 Å². The first kappa shape index (κ1) is 8.28. The molecule has 60 valence electrons. The van der Waals surface area contributed by atoms with E-state index in [-0.39, 0.29) is 6.10 Å². The Bertz CT molecular complexity index is 189. The molecule has 0 radical (unpaired) electrons. The van der Waals surface area contributed by atoms with Gasteiger partial charge in [0.2, 0.25) is 0 Å². The molecule has 1 unspecified atom stereocenters. The molecule has 0 saturated heterocycles. The Labute approximate surface area is 68.0 Å². The molecule has 1 rings (SSSR count). The molecule has 1 aromatic carbocycles. The molecular formula is C10H14O. The second-order valence-corrected chi connectivity index (χ2v) is 2.52. The van der Waals surface area contributed by atoms with Crippen molar-refractivity contribution in [1.29, 1.82) is 0 Å². The molecule has 0 aromatic heterocycles. The van der Waals surface area contributed by atoms with Gasteiger partial charge in [0.05, 0.1) is 0 Å². The van der Waals surface area contributed by atoms with Gasteiger partial charge in [0.15, 0.2) is 6.10 Å². The summed E-state index contributed by atoms with van der Waals surface area (Å²) in [6, 6.07) is 10.2. The average Bonchev–Trinajstić information content (AvgIpc) is 2.09. The van der Waals surface area contributed by atoms with Gasteiger partial charge in [-0.2, -0.15) is 0 Å². The largest absolute Gasteiger partial charge is 0.576 e. The second-order valence-electron chi connectivity index (χ2n) is 2.52. The first-order valence-electron chi connectivity index (χ1n) is 3.89. The Morgan fingerprint density at radius 2 is 2.00 bits per heavy atom. The molecule has 1 N–H and O–H groups in total. The van der Waals surface area contributed by atoms with Crippen LogP contribution >= 0.6 is 0 Å². The number of hydrogen-bond donors (Lipinski definition) is 0. The molecule has 11 heavy (non-hydrogen) atoms. The van der Waals surface area contributed by atoms with Gasteiger partial charge in [-0.15, -0.1) is 0 Å². The van der Waals surface area contributed by atoms with Gasteiger partial charge < -0.3 is 4.74 Å². The summed E-state index contributed by atoms with van der Waals surface area (Å²) in [5.74, 6) is 0. The number of ether oxygens (including phenoxy) is 1. The molecule has 0 aliphatic heterocycles. The Kier molecular flexibility index (Phi) is 3.12. The molecule has 0 fully saturated rings. The van der Waals surface area contributed by atoms with Crippen LogP contribution < -0.4 is 0 Å². The molecule has 1 aromatic rings. The van der Waals surface area contributed by atoms with E-state index < -0.39 is 0 Å². The van der Waals surface area contributed by atoms with Crippen LogP contribution in [0.3, 0.4) is 0 Å². The van der Waals surface area contributed by atoms with Crippen molar-refractivity contribution in [3.8, 4) is 0 Å². The SMILES string of the molecule is [CH2-][OH+]C(CC)c1ccccc1. The van der Waals surface area contributed by atoms with Crippen LogP contribution in [0.4, 0.5) is 0 Å². The highest BCUT2D eigenvalue weighted by Gasteiger charge is 2.07. The van der Waals surface area contributed by atoms with Crippen LogP contribution in [-0.2, 0) is 0 Å². The molecule has 1 nitrogen and oxygen atoms in total. The Balaban J connectivity index is 2.74. The zero-order chi connectivity index (χ0) is 8.10. The highest BCUT2D eigenvalue weighted by atomic mass is 16.5. The van der Waals surface area contributed by atoms with Crippen molar-refractivity contribution in [1.82, 2.24) is 0 Å². The molecule has 0 saturated carbocycles. The van der Waals surface area contributed by atoms with E-state index in [1.807, 2.05) is 18.2 Å². The summed E-state index contributed by atoms with van der Waals surface area (Å²) >= 11 is 0. The maximum Gasteiger partial charge on any atom is 0.155 e. The monoisotopic (exact) mass is 150 g/mol. The predicted octanol–water partition coefficient (Wildman–Crippen LogP) is 2.46. The van der Waals surface area contributed by atoms with Gasteiger partial charge in [0, 0.05) is 12.0 Å². The van der Waals surface area contributed by atoms with Gasteiger partial charge in [0.25, 0.3) is 0 Å². The van der Waals surface area contributed by atoms with Crippen molar-refractivity contribution in [3.63, 3.8) is 0 Å². The summed E-state index contributed by atoms with van der Waals surface area (Å²) in [7, 11) is 3.56. The third kappa shape index (κ3) is 2.05. The third-order valence-electron chi connectivity index (χ3n) is 1.79. The van der Waals surface area contributed by atoms with E-state index in [1.165, 1.54) is 5.56 Å². The van der Waals surface area contributed by atoms with Crippen molar-refractivity contribution in [3.05, 3.63) is 43.0 Å². The molecular weight excluding hydrogens is 136 g/mol. The van der Waals surface area contributed by atoms with Crippen molar-refractivity contribution < 1.29 is 4.74 Å². The van der Waals surface area contributed by atoms with Crippen LogP contribution in [0.5, 0.6) is 0 Å². The van der Waals surface area contributed by atoms with Crippen LogP contribution in [0.1, 0.15) is 25.0 Å². The van der Waals surface area contributed by atoms with Gasteiger partial charge in [0.1, 0.15) is 0 Å². The van der Waals surface area contributed by atoms with Crippen molar-refractivity contribution in [2.45, 2.75) is 19.4 Å². The first-order valence-corrected chi connectivity index (χ1v) is 3.89. The summed E-state index contributed by atoms with van der Waals surface area (Å²) in [4.78, 5) is 0. The van der Waals surface area contributed by atoms with E-state index in [1.54, 1.807) is 0 Å². The fraction of sp³-hybridized carbons (Fsp3) is 0.300. The number of hydrogen-bond acceptors (Lipinski definition) is 0. The maximum atomic E-state index is 4.03. The van der Waals surface area contributed by atoms with Crippen molar-refractivity contribution in [2.24, 2.45) is 0 Å². The number of aliphatic hydroxyl groups is 2. The van der Waals surface area contributed by atoms with E-state index in [9.17, 15) is 0 Å². The minimum atomic E-state index is 0.274. The molecule has 0 spiro atoms. The lowest BCUT2D eigenvalue weighted by atomic mass is 10.1. The summed E-state index contributed by atoms with van der Waals surface area (Å²) in [6.07, 6.45) is 1.30. The highest BCUT2D eigenvalue weighted by Crippen LogP contribution is 2.17. The molecule has 1 atom stereocenters. The van der Waals surface area contributed by atoms with Gasteiger partial charge in [-0.05, 0) is 0 Å². The minimum absolute atomic E-state index is 0.274. The van der Waals surface area contributed by atoms with E-state index in [0.29, 0.717) is 0 Å². The first-order chi connectivity index (χ1) is 5.38. The van der Waals surface area contributed by atoms with Gasteiger partial charge in [-0.1, -0.05) is 44.4 Å². The van der Waals surface area contributed by atoms with Crippen molar-refractivity contribution in [2.75, 3.05) is 0 Å². The zero-order valence-electron chi connectivity index (χ0n) is 6.83. The molecule has 1 heteroatoms. The van der Waals surface area contributed by atoms with Crippen LogP contribution in [0.2, 0.25) is 0 Å². The van der Waals surface area contributed by atoms with Crippen LogP contribution in [0.15, 0.2) is 30.3 Å². The van der Waals surface area contributed by atoms with E-state index in [4.69, 9.17) is 0 Å². The number of benzene rings is 1. The van der Waals surface area contributed by atoms with Gasteiger partial charge in [-0.3, -0.25) is 0 Å². The molecule has 0 aliphatic carbocycles. The quantitative estimate of drug-likeness (QED) is 0.463. The zero-order valence-corrected chi connectivity index (χ0v) is 6.83. The van der Waals surface area contributed by atoms with E-state index >= 15 is 0 Å². The smallest absolute Gasteiger partial charge is 0.155 e. The summed E-state index contributed by atoms with van der Waals surface area (Å²) < 4.78 is 4.03. The van der Waals surface area contributed by atoms with Crippen molar-refractivity contribution >= 4 is 0 Å². The third-order valence-corrected chi connectivity index (χ3v) is 1.79. The lowest BCUT2D eigenvalue weighted by molar-refractivity contribution is -0.0295. The Morgan fingerprint density at radius 1 is 1.36 bits per heavy atom. The fourth-order valence-corrected chi connectivity index (χ4v) is 1.15. The summed E-state index contributed by atoms with van der Waals surface area (Å²) in [6.45, 7) is 2.12. The fourth-order valence-electron chi connectivity index (χ4n) is 1.15. The minimum Gasteiger partial charge on any atom is -0.576 e.